The van der Waals surface area contributed by atoms with Gasteiger partial charge < -0.3 is 10.1 Å². The van der Waals surface area contributed by atoms with Crippen molar-refractivity contribution >= 4 is 6.09 Å². The Morgan fingerprint density at radius 2 is 2.36 bits per heavy atom. The highest BCUT2D eigenvalue weighted by Gasteiger charge is 1.94. The van der Waals surface area contributed by atoms with Gasteiger partial charge in [0.15, 0.2) is 0 Å². The molecule has 0 bridgehead atoms. The molecule has 0 fully saturated rings. The number of hydrogen-bond acceptors (Lipinski definition) is 2. The quantitative estimate of drug-likeness (QED) is 0.488. The maximum Gasteiger partial charge on any atom is 0.406 e. The van der Waals surface area contributed by atoms with Crippen LogP contribution in [0.4, 0.5) is 4.79 Å². The molecule has 0 aliphatic rings. The van der Waals surface area contributed by atoms with E-state index in [0.717, 1.165) is 19.3 Å². The van der Waals surface area contributed by atoms with E-state index in [-0.39, 0.29) is 6.09 Å². The molecule has 0 aromatic carbocycles. The second-order valence-electron chi connectivity index (χ2n) is 2.08. The smallest absolute Gasteiger partial charge is 0.406 e. The molecule has 0 atom stereocenters. The van der Waals surface area contributed by atoms with Crippen molar-refractivity contribution in [2.24, 2.45) is 0 Å². The highest BCUT2D eigenvalue weighted by Crippen LogP contribution is 1.91. The van der Waals surface area contributed by atoms with Crippen molar-refractivity contribution in [2.45, 2.75) is 19.3 Å². The largest absolute Gasteiger partial charge is 0.453 e. The minimum atomic E-state index is -0.384. The van der Waals surface area contributed by atoms with Crippen LogP contribution >= 0.6 is 0 Å². The average molecular weight is 155 g/mol. The molecule has 0 heterocycles. The van der Waals surface area contributed by atoms with E-state index in [9.17, 15) is 4.79 Å². The van der Waals surface area contributed by atoms with Crippen LogP contribution in [-0.4, -0.2) is 19.7 Å². The molecular weight excluding hydrogens is 142 g/mol. The summed E-state index contributed by atoms with van der Waals surface area (Å²) in [6, 6.07) is 0. The lowest BCUT2D eigenvalue weighted by Crippen LogP contribution is -2.23. The molecule has 3 nitrogen and oxygen atoms in total. The van der Waals surface area contributed by atoms with E-state index in [1.54, 1.807) is 0 Å². The van der Waals surface area contributed by atoms with E-state index in [2.05, 4.69) is 16.0 Å². The van der Waals surface area contributed by atoms with Crippen LogP contribution in [0, 0.1) is 12.3 Å². The van der Waals surface area contributed by atoms with Crippen molar-refractivity contribution in [3.63, 3.8) is 0 Å². The number of carbonyl (C=O) groups excluding carboxylic acids is 1. The molecule has 1 N–H and O–H groups in total. The number of amides is 1. The minimum absolute atomic E-state index is 0.384. The number of hydrogen-bond donors (Lipinski definition) is 1. The third kappa shape index (κ3) is 6.72. The predicted molar refractivity (Wildman–Crippen MR) is 43.1 cm³/mol. The molecule has 0 aliphatic heterocycles. The van der Waals surface area contributed by atoms with Gasteiger partial charge in [-0.1, -0.05) is 0 Å². The fourth-order valence-electron chi connectivity index (χ4n) is 0.615. The van der Waals surface area contributed by atoms with E-state index in [1.165, 1.54) is 7.11 Å². The molecule has 0 radical (unpaired) electrons. The van der Waals surface area contributed by atoms with Crippen molar-refractivity contribution in [3.8, 4) is 12.3 Å². The van der Waals surface area contributed by atoms with Crippen LogP contribution in [0.15, 0.2) is 0 Å². The molecule has 62 valence electrons. The van der Waals surface area contributed by atoms with Gasteiger partial charge in [-0.05, 0) is 12.8 Å². The van der Waals surface area contributed by atoms with Crippen molar-refractivity contribution in [1.82, 2.24) is 5.32 Å². The lowest BCUT2D eigenvalue weighted by Gasteiger charge is -2.00. The number of nitrogens with one attached hydrogen (secondary N) is 1. The first-order chi connectivity index (χ1) is 5.31. The third-order valence-corrected chi connectivity index (χ3v) is 1.20. The summed E-state index contributed by atoms with van der Waals surface area (Å²) in [5.41, 5.74) is 0. The van der Waals surface area contributed by atoms with Gasteiger partial charge in [-0.15, -0.1) is 12.3 Å². The van der Waals surface area contributed by atoms with Gasteiger partial charge in [0, 0.05) is 13.0 Å². The molecule has 0 aromatic heterocycles. The Hall–Kier alpha value is -1.17. The summed E-state index contributed by atoms with van der Waals surface area (Å²) in [6.07, 6.45) is 7.26. The average Bonchev–Trinajstić information content (AvgIpc) is 2.04. The van der Waals surface area contributed by atoms with Crippen molar-refractivity contribution in [3.05, 3.63) is 0 Å². The zero-order valence-corrected chi connectivity index (χ0v) is 6.72. The van der Waals surface area contributed by atoms with Gasteiger partial charge >= 0.3 is 6.09 Å². The van der Waals surface area contributed by atoms with Crippen LogP contribution in [0.5, 0.6) is 0 Å². The molecule has 0 aromatic rings. The summed E-state index contributed by atoms with van der Waals surface area (Å²) in [4.78, 5) is 10.5. The van der Waals surface area contributed by atoms with Crippen molar-refractivity contribution in [1.29, 1.82) is 0 Å². The zero-order valence-electron chi connectivity index (χ0n) is 6.72. The van der Waals surface area contributed by atoms with Crippen LogP contribution in [0.1, 0.15) is 19.3 Å². The lowest BCUT2D eigenvalue weighted by molar-refractivity contribution is 0.171. The second kappa shape index (κ2) is 6.94. The second-order valence-corrected chi connectivity index (χ2v) is 2.08. The Balaban J connectivity index is 3.03. The first-order valence-electron chi connectivity index (χ1n) is 3.56. The van der Waals surface area contributed by atoms with Crippen molar-refractivity contribution < 1.29 is 9.53 Å². The molecule has 0 rings (SSSR count). The summed E-state index contributed by atoms with van der Waals surface area (Å²) < 4.78 is 4.37. The number of rotatable bonds is 4. The number of methoxy groups -OCH3 is 1. The Morgan fingerprint density at radius 3 is 2.91 bits per heavy atom. The maximum atomic E-state index is 10.5. The summed E-state index contributed by atoms with van der Waals surface area (Å²) in [7, 11) is 1.34. The lowest BCUT2D eigenvalue weighted by atomic mass is 10.2. The van der Waals surface area contributed by atoms with Gasteiger partial charge in [-0.25, -0.2) is 4.79 Å². The molecular formula is C8H13NO2. The molecule has 11 heavy (non-hydrogen) atoms. The normalized spacial score (nSPS) is 8.36. The van der Waals surface area contributed by atoms with E-state index < -0.39 is 0 Å². The van der Waals surface area contributed by atoms with E-state index >= 15 is 0 Å². The Morgan fingerprint density at radius 1 is 1.64 bits per heavy atom. The SMILES string of the molecule is C#CCCCCNC(=O)OC. The molecule has 0 saturated carbocycles. The number of terminal acetylenes is 1. The van der Waals surface area contributed by atoms with E-state index in [4.69, 9.17) is 6.42 Å². The molecule has 0 aliphatic carbocycles. The van der Waals surface area contributed by atoms with Crippen LogP contribution < -0.4 is 5.32 Å². The third-order valence-electron chi connectivity index (χ3n) is 1.20. The number of alkyl carbamates (subject to hydrolysis) is 1. The van der Waals surface area contributed by atoms with Crippen LogP contribution in [0.25, 0.3) is 0 Å². The van der Waals surface area contributed by atoms with Crippen molar-refractivity contribution in [2.75, 3.05) is 13.7 Å². The van der Waals surface area contributed by atoms with Gasteiger partial charge in [-0.2, -0.15) is 0 Å². The number of unbranched alkanes of at least 4 members (excludes halogenated alkanes) is 2. The Labute approximate surface area is 67.1 Å². The van der Waals surface area contributed by atoms with Crippen LogP contribution in [0.3, 0.4) is 0 Å². The van der Waals surface area contributed by atoms with Gasteiger partial charge in [0.2, 0.25) is 0 Å². The Bertz CT molecular complexity index is 149. The molecule has 3 heteroatoms. The van der Waals surface area contributed by atoms with Crippen LogP contribution in [-0.2, 0) is 4.74 Å². The van der Waals surface area contributed by atoms with Gasteiger partial charge in [0.05, 0.1) is 7.11 Å². The van der Waals surface area contributed by atoms with Gasteiger partial charge in [0.25, 0.3) is 0 Å². The first kappa shape index (κ1) is 9.83. The summed E-state index contributed by atoms with van der Waals surface area (Å²) in [5.74, 6) is 2.53. The monoisotopic (exact) mass is 155 g/mol. The zero-order chi connectivity index (χ0) is 8.53. The topological polar surface area (TPSA) is 38.3 Å². The highest BCUT2D eigenvalue weighted by atomic mass is 16.5. The number of ether oxygens (including phenoxy) is 1. The highest BCUT2D eigenvalue weighted by molar-refractivity contribution is 5.66. The maximum absolute atomic E-state index is 10.5. The summed E-state index contributed by atoms with van der Waals surface area (Å²) in [5, 5.41) is 2.56. The van der Waals surface area contributed by atoms with E-state index in [1.807, 2.05) is 0 Å². The molecule has 1 amide bonds. The Kier molecular flexibility index (Phi) is 6.20. The molecule has 0 spiro atoms. The fourth-order valence-corrected chi connectivity index (χ4v) is 0.615. The molecule has 0 saturated heterocycles. The number of carbonyl (C=O) groups is 1. The summed E-state index contributed by atoms with van der Waals surface area (Å²) >= 11 is 0. The fraction of sp³-hybridized carbons (Fsp3) is 0.625. The first-order valence-corrected chi connectivity index (χ1v) is 3.56. The predicted octanol–water partition coefficient (Wildman–Crippen LogP) is 1.15. The minimum Gasteiger partial charge on any atom is -0.453 e. The van der Waals surface area contributed by atoms with Gasteiger partial charge in [-0.3, -0.25) is 0 Å². The van der Waals surface area contributed by atoms with E-state index in [0.29, 0.717) is 6.54 Å². The molecule has 0 unspecified atom stereocenters. The van der Waals surface area contributed by atoms with Crippen LogP contribution in [0.2, 0.25) is 0 Å². The standard InChI is InChI=1S/C8H13NO2/c1-3-4-5-6-7-9-8(10)11-2/h1H,4-7H2,2H3,(H,9,10). The summed E-state index contributed by atoms with van der Waals surface area (Å²) in [6.45, 7) is 0.633. The van der Waals surface area contributed by atoms with Gasteiger partial charge in [0.1, 0.15) is 0 Å².